The van der Waals surface area contributed by atoms with E-state index in [1.807, 2.05) is 32.0 Å². The van der Waals surface area contributed by atoms with E-state index in [1.54, 1.807) is 17.4 Å². The Morgan fingerprint density at radius 3 is 2.26 bits per heavy atom. The van der Waals surface area contributed by atoms with Gasteiger partial charge in [-0.3, -0.25) is 9.59 Å². The van der Waals surface area contributed by atoms with Crippen LogP contribution < -0.4 is 10.6 Å². The summed E-state index contributed by atoms with van der Waals surface area (Å²) in [5.41, 5.74) is 2.65. The molecule has 2 amide bonds. The lowest BCUT2D eigenvalue weighted by Gasteiger charge is -2.23. The van der Waals surface area contributed by atoms with Crippen molar-refractivity contribution < 1.29 is 9.59 Å². The molecule has 4 nitrogen and oxygen atoms in total. The van der Waals surface area contributed by atoms with E-state index in [9.17, 15) is 9.59 Å². The molecule has 1 aromatic heterocycles. The summed E-state index contributed by atoms with van der Waals surface area (Å²) in [6.45, 7) is 12.1. The largest absolute Gasteiger partial charge is 0.348 e. The van der Waals surface area contributed by atoms with E-state index >= 15 is 0 Å². The van der Waals surface area contributed by atoms with Crippen LogP contribution >= 0.6 is 11.3 Å². The molecule has 5 heteroatoms. The predicted octanol–water partition coefficient (Wildman–Crippen LogP) is 4.70. The average molecular weight is 387 g/mol. The number of carbonyl (C=O) groups excluding carboxylic acids is 2. The summed E-state index contributed by atoms with van der Waals surface area (Å²) < 4.78 is 0. The molecule has 1 aromatic carbocycles. The molecule has 0 bridgehead atoms. The van der Waals surface area contributed by atoms with Gasteiger partial charge in [-0.05, 0) is 63.3 Å². The quantitative estimate of drug-likeness (QED) is 0.725. The Morgan fingerprint density at radius 1 is 1.04 bits per heavy atom. The minimum Gasteiger partial charge on any atom is -0.348 e. The Kier molecular flexibility index (Phi) is 7.19. The van der Waals surface area contributed by atoms with Gasteiger partial charge in [0.1, 0.15) is 6.04 Å². The second-order valence-corrected chi connectivity index (χ2v) is 9.03. The van der Waals surface area contributed by atoms with E-state index < -0.39 is 6.04 Å². The normalized spacial score (nSPS) is 13.3. The Morgan fingerprint density at radius 2 is 1.70 bits per heavy atom. The van der Waals surface area contributed by atoms with Crippen molar-refractivity contribution in [3.05, 3.63) is 56.8 Å². The Labute approximate surface area is 166 Å². The van der Waals surface area contributed by atoms with Gasteiger partial charge in [0.2, 0.25) is 5.91 Å². The predicted molar refractivity (Wildman–Crippen MR) is 112 cm³/mol. The van der Waals surface area contributed by atoms with Crippen LogP contribution in [0.1, 0.15) is 64.5 Å². The number of amides is 2. The van der Waals surface area contributed by atoms with Crippen LogP contribution in [0, 0.1) is 26.7 Å². The van der Waals surface area contributed by atoms with Crippen LogP contribution in [0.25, 0.3) is 0 Å². The highest BCUT2D eigenvalue weighted by Crippen LogP contribution is 2.26. The van der Waals surface area contributed by atoms with Crippen molar-refractivity contribution in [3.8, 4) is 0 Å². The third-order valence-corrected chi connectivity index (χ3v) is 5.60. The van der Waals surface area contributed by atoms with E-state index in [1.165, 1.54) is 9.75 Å². The van der Waals surface area contributed by atoms with Crippen molar-refractivity contribution in [2.75, 3.05) is 0 Å². The van der Waals surface area contributed by atoms with Gasteiger partial charge in [-0.25, -0.2) is 0 Å². The molecule has 1 heterocycles. The van der Waals surface area contributed by atoms with Crippen LogP contribution in [-0.2, 0) is 4.79 Å². The van der Waals surface area contributed by atoms with Gasteiger partial charge < -0.3 is 10.6 Å². The molecule has 0 aliphatic heterocycles. The van der Waals surface area contributed by atoms with E-state index in [0.717, 1.165) is 11.1 Å². The number of rotatable bonds is 7. The van der Waals surface area contributed by atoms with Crippen LogP contribution in [0.15, 0.2) is 30.3 Å². The molecule has 0 saturated carbocycles. The summed E-state index contributed by atoms with van der Waals surface area (Å²) in [6.07, 6.45) is 0.595. The average Bonchev–Trinajstić information content (AvgIpc) is 2.92. The van der Waals surface area contributed by atoms with E-state index in [2.05, 4.69) is 44.4 Å². The first-order valence-corrected chi connectivity index (χ1v) is 10.2. The molecule has 0 aliphatic rings. The van der Waals surface area contributed by atoms with Gasteiger partial charge in [-0.15, -0.1) is 11.3 Å². The van der Waals surface area contributed by atoms with Crippen LogP contribution in [0.5, 0.6) is 0 Å². The van der Waals surface area contributed by atoms with Gasteiger partial charge in [-0.1, -0.05) is 32.0 Å². The van der Waals surface area contributed by atoms with E-state index in [-0.39, 0.29) is 17.9 Å². The van der Waals surface area contributed by atoms with Crippen molar-refractivity contribution in [3.63, 3.8) is 0 Å². The summed E-state index contributed by atoms with van der Waals surface area (Å²) in [5, 5.41) is 6.01. The Bertz CT molecular complexity index is 810. The summed E-state index contributed by atoms with van der Waals surface area (Å²) in [7, 11) is 0. The lowest BCUT2D eigenvalue weighted by Crippen LogP contribution is -2.48. The number of thiophene rings is 1. The highest BCUT2D eigenvalue weighted by Gasteiger charge is 2.25. The number of carbonyl (C=O) groups is 2. The molecule has 0 radical (unpaired) electrons. The minimum atomic E-state index is -0.556. The molecule has 27 heavy (non-hydrogen) atoms. The number of benzene rings is 1. The summed E-state index contributed by atoms with van der Waals surface area (Å²) in [5.74, 6) is -0.0520. The first kappa shape index (κ1) is 21.2. The van der Waals surface area contributed by atoms with Gasteiger partial charge in [-0.2, -0.15) is 0 Å². The molecule has 2 aromatic rings. The summed E-state index contributed by atoms with van der Waals surface area (Å²) in [6, 6.07) is 8.90. The zero-order valence-corrected chi connectivity index (χ0v) is 17.9. The van der Waals surface area contributed by atoms with Gasteiger partial charge in [0.05, 0.1) is 6.04 Å². The van der Waals surface area contributed by atoms with Crippen molar-refractivity contribution in [1.82, 2.24) is 10.6 Å². The second-order valence-electron chi connectivity index (χ2n) is 7.57. The molecule has 0 spiro atoms. The fraction of sp³-hybridized carbons (Fsp3) is 0.455. The first-order chi connectivity index (χ1) is 12.7. The highest BCUT2D eigenvalue weighted by molar-refractivity contribution is 7.12. The minimum absolute atomic E-state index is 0.0903. The van der Waals surface area contributed by atoms with Gasteiger partial charge in [0, 0.05) is 15.3 Å². The van der Waals surface area contributed by atoms with Crippen LogP contribution in [-0.4, -0.2) is 17.9 Å². The van der Waals surface area contributed by atoms with Crippen molar-refractivity contribution >= 4 is 23.2 Å². The standard InChI is InChI=1S/C22H30N2O2S/c1-13(2)11-20(24-21(25)18-10-8-7-9-14(18)3)22(26)23-16(5)19-12-15(4)27-17(19)6/h7-10,12-13,16,20H,11H2,1-6H3,(H,23,26)(H,24,25)/t16-,20+/m0/s1. The molecule has 0 fully saturated rings. The maximum absolute atomic E-state index is 12.9. The first-order valence-electron chi connectivity index (χ1n) is 9.42. The number of hydrogen-bond donors (Lipinski definition) is 2. The lowest BCUT2D eigenvalue weighted by molar-refractivity contribution is -0.124. The summed E-state index contributed by atoms with van der Waals surface area (Å²) >= 11 is 1.73. The molecular weight excluding hydrogens is 356 g/mol. The zero-order valence-electron chi connectivity index (χ0n) is 17.1. The topological polar surface area (TPSA) is 58.2 Å². The molecule has 2 N–H and O–H groups in total. The number of nitrogens with one attached hydrogen (secondary N) is 2. The molecular formula is C22H30N2O2S. The molecule has 146 valence electrons. The van der Waals surface area contributed by atoms with E-state index in [4.69, 9.17) is 0 Å². The smallest absolute Gasteiger partial charge is 0.252 e. The molecule has 0 aliphatic carbocycles. The van der Waals surface area contributed by atoms with Crippen LogP contribution in [0.4, 0.5) is 0 Å². The fourth-order valence-electron chi connectivity index (χ4n) is 3.24. The second kappa shape index (κ2) is 9.18. The third kappa shape index (κ3) is 5.67. The zero-order chi connectivity index (χ0) is 20.1. The van der Waals surface area contributed by atoms with Crippen LogP contribution in [0.3, 0.4) is 0 Å². The highest BCUT2D eigenvalue weighted by atomic mass is 32.1. The van der Waals surface area contributed by atoms with Crippen molar-refractivity contribution in [1.29, 1.82) is 0 Å². The lowest BCUT2D eigenvalue weighted by atomic mass is 10.0. The van der Waals surface area contributed by atoms with Crippen LogP contribution in [0.2, 0.25) is 0 Å². The molecule has 2 rings (SSSR count). The van der Waals surface area contributed by atoms with Crippen molar-refractivity contribution in [2.45, 2.75) is 60.0 Å². The maximum Gasteiger partial charge on any atom is 0.252 e. The van der Waals surface area contributed by atoms with Gasteiger partial charge in [0.25, 0.3) is 5.91 Å². The Hall–Kier alpha value is -2.14. The maximum atomic E-state index is 12.9. The summed E-state index contributed by atoms with van der Waals surface area (Å²) in [4.78, 5) is 28.0. The van der Waals surface area contributed by atoms with Gasteiger partial charge in [0.15, 0.2) is 0 Å². The molecule has 0 unspecified atom stereocenters. The number of aryl methyl sites for hydroxylation is 3. The van der Waals surface area contributed by atoms with Gasteiger partial charge >= 0.3 is 0 Å². The SMILES string of the molecule is Cc1cc([C@H](C)NC(=O)[C@@H](CC(C)C)NC(=O)c2ccccc2C)c(C)s1. The molecule has 2 atom stereocenters. The molecule has 0 saturated heterocycles. The van der Waals surface area contributed by atoms with E-state index in [0.29, 0.717) is 17.9 Å². The fourth-order valence-corrected chi connectivity index (χ4v) is 4.26. The number of hydrogen-bond acceptors (Lipinski definition) is 3. The van der Waals surface area contributed by atoms with Crippen molar-refractivity contribution in [2.24, 2.45) is 5.92 Å². The third-order valence-electron chi connectivity index (χ3n) is 4.62. The Balaban J connectivity index is 2.12. The monoisotopic (exact) mass is 386 g/mol.